The fraction of sp³-hybridized carbons (Fsp3) is 0.667. The summed E-state index contributed by atoms with van der Waals surface area (Å²) < 4.78 is 0. The van der Waals surface area contributed by atoms with Gasteiger partial charge in [-0.25, -0.2) is 0 Å². The van der Waals surface area contributed by atoms with E-state index in [1.807, 2.05) is 0 Å². The maximum Gasteiger partial charge on any atom is -0.00627 e. The van der Waals surface area contributed by atoms with Crippen molar-refractivity contribution in [3.8, 4) is 0 Å². The third kappa shape index (κ3) is 0.735. The van der Waals surface area contributed by atoms with E-state index in [1.165, 1.54) is 6.42 Å². The average Bonchev–Trinajstić information content (AvgIpc) is 1.86. The van der Waals surface area contributed by atoms with Crippen LogP contribution in [0.3, 0.4) is 0 Å². The first kappa shape index (κ1) is 4.17. The van der Waals surface area contributed by atoms with Crippen molar-refractivity contribution < 1.29 is 0 Å². The SMILES string of the molecule is CC1[C][C]CC1. The van der Waals surface area contributed by atoms with Gasteiger partial charge < -0.3 is 0 Å². The van der Waals surface area contributed by atoms with Crippen molar-refractivity contribution in [2.75, 3.05) is 0 Å². The molecule has 1 fully saturated rings. The molecule has 0 aromatic carbocycles. The standard InChI is InChI=1S/C6H8/c1-6-4-2-3-5-6/h6H,2,4H2,1H3. The lowest BCUT2D eigenvalue weighted by atomic mass is 10.2. The van der Waals surface area contributed by atoms with E-state index in [9.17, 15) is 0 Å². The molecule has 0 aliphatic heterocycles. The van der Waals surface area contributed by atoms with E-state index in [2.05, 4.69) is 19.8 Å². The summed E-state index contributed by atoms with van der Waals surface area (Å²) in [5.41, 5.74) is 0. The molecular formula is C6H8. The molecule has 0 aromatic rings. The van der Waals surface area contributed by atoms with E-state index in [4.69, 9.17) is 0 Å². The highest BCUT2D eigenvalue weighted by Gasteiger charge is 2.09. The Morgan fingerprint density at radius 1 is 1.67 bits per heavy atom. The lowest BCUT2D eigenvalue weighted by molar-refractivity contribution is 0.693. The fourth-order valence-electron chi connectivity index (χ4n) is 0.607. The van der Waals surface area contributed by atoms with Crippen molar-refractivity contribution >= 4 is 0 Å². The molecule has 1 unspecified atom stereocenters. The summed E-state index contributed by atoms with van der Waals surface area (Å²) in [5.74, 6) is 0.685. The van der Waals surface area contributed by atoms with Gasteiger partial charge in [-0.1, -0.05) is 6.92 Å². The van der Waals surface area contributed by atoms with Crippen molar-refractivity contribution in [1.82, 2.24) is 0 Å². The second kappa shape index (κ2) is 1.63. The Labute approximate surface area is 39.6 Å². The molecule has 0 nitrogen and oxygen atoms in total. The van der Waals surface area contributed by atoms with Crippen molar-refractivity contribution in [3.05, 3.63) is 12.8 Å². The molecule has 0 spiro atoms. The number of rotatable bonds is 0. The maximum absolute atomic E-state index is 3.07. The predicted molar refractivity (Wildman–Crippen MR) is 24.9 cm³/mol. The van der Waals surface area contributed by atoms with E-state index < -0.39 is 0 Å². The molecule has 0 heterocycles. The van der Waals surface area contributed by atoms with Crippen LogP contribution in [0.25, 0.3) is 0 Å². The highest BCUT2D eigenvalue weighted by molar-refractivity contribution is 4.94. The molecule has 1 saturated carbocycles. The third-order valence-corrected chi connectivity index (χ3v) is 1.05. The van der Waals surface area contributed by atoms with Gasteiger partial charge in [-0.3, -0.25) is 0 Å². The van der Waals surface area contributed by atoms with Crippen LogP contribution in [-0.2, 0) is 0 Å². The minimum atomic E-state index is 0.685. The van der Waals surface area contributed by atoms with Gasteiger partial charge in [0.05, 0.1) is 0 Å². The van der Waals surface area contributed by atoms with Crippen LogP contribution in [0.4, 0.5) is 0 Å². The minimum absolute atomic E-state index is 0.685. The van der Waals surface area contributed by atoms with Crippen LogP contribution in [0, 0.1) is 18.8 Å². The summed E-state index contributed by atoms with van der Waals surface area (Å²) in [5, 5.41) is 0. The molecular weight excluding hydrogens is 72.1 g/mol. The summed E-state index contributed by atoms with van der Waals surface area (Å²) in [6.45, 7) is 2.17. The number of hydrogen-bond acceptors (Lipinski definition) is 0. The first-order valence-corrected chi connectivity index (χ1v) is 2.38. The topological polar surface area (TPSA) is 0 Å². The highest BCUT2D eigenvalue weighted by atomic mass is 14.1. The van der Waals surface area contributed by atoms with Gasteiger partial charge in [0.25, 0.3) is 0 Å². The van der Waals surface area contributed by atoms with Gasteiger partial charge >= 0.3 is 0 Å². The Morgan fingerprint density at radius 3 is 2.67 bits per heavy atom. The van der Waals surface area contributed by atoms with Crippen LogP contribution in [0.1, 0.15) is 19.8 Å². The zero-order valence-electron chi connectivity index (χ0n) is 3.99. The molecule has 0 amide bonds. The van der Waals surface area contributed by atoms with Crippen LogP contribution >= 0.6 is 0 Å². The minimum Gasteiger partial charge on any atom is -0.0619 e. The summed E-state index contributed by atoms with van der Waals surface area (Å²) in [4.78, 5) is 0. The molecule has 1 aliphatic rings. The van der Waals surface area contributed by atoms with Gasteiger partial charge in [0.2, 0.25) is 0 Å². The molecule has 0 bridgehead atoms. The van der Waals surface area contributed by atoms with Gasteiger partial charge in [-0.15, -0.1) is 0 Å². The lowest BCUT2D eigenvalue weighted by Gasteiger charge is -1.90. The van der Waals surface area contributed by atoms with Gasteiger partial charge in [0, 0.05) is 0 Å². The van der Waals surface area contributed by atoms with E-state index in [1.54, 1.807) is 0 Å². The van der Waals surface area contributed by atoms with E-state index in [-0.39, 0.29) is 0 Å². The Balaban J connectivity index is 2.18. The molecule has 0 heteroatoms. The lowest BCUT2D eigenvalue weighted by Crippen LogP contribution is -1.79. The highest BCUT2D eigenvalue weighted by Crippen LogP contribution is 2.20. The molecule has 1 rings (SSSR count). The Morgan fingerprint density at radius 2 is 2.50 bits per heavy atom. The fourth-order valence-corrected chi connectivity index (χ4v) is 0.607. The molecule has 4 radical (unpaired) electrons. The third-order valence-electron chi connectivity index (χ3n) is 1.05. The Hall–Kier alpha value is 0. The van der Waals surface area contributed by atoms with Gasteiger partial charge in [0.15, 0.2) is 0 Å². The molecule has 6 heavy (non-hydrogen) atoms. The summed E-state index contributed by atoms with van der Waals surface area (Å²) in [6, 6.07) is 0. The Kier molecular flexibility index (Phi) is 1.13. The second-order valence-corrected chi connectivity index (χ2v) is 1.76. The molecule has 1 aliphatic carbocycles. The monoisotopic (exact) mass is 80.1 g/mol. The normalized spacial score (nSPS) is 25.5. The van der Waals surface area contributed by atoms with E-state index in [0.29, 0.717) is 5.92 Å². The molecule has 1 atom stereocenters. The van der Waals surface area contributed by atoms with Gasteiger partial charge in [-0.05, 0) is 31.6 Å². The molecule has 0 saturated heterocycles. The summed E-state index contributed by atoms with van der Waals surface area (Å²) >= 11 is 0. The zero-order valence-corrected chi connectivity index (χ0v) is 3.99. The Bertz CT molecular complexity index is 33.3. The average molecular weight is 80.1 g/mol. The van der Waals surface area contributed by atoms with Crippen LogP contribution < -0.4 is 0 Å². The van der Waals surface area contributed by atoms with Crippen molar-refractivity contribution in [2.45, 2.75) is 19.8 Å². The van der Waals surface area contributed by atoms with Crippen molar-refractivity contribution in [2.24, 2.45) is 5.92 Å². The van der Waals surface area contributed by atoms with Crippen molar-refractivity contribution in [3.63, 3.8) is 0 Å². The maximum atomic E-state index is 3.07. The molecule has 0 aromatic heterocycles. The van der Waals surface area contributed by atoms with Gasteiger partial charge in [0.1, 0.15) is 0 Å². The first-order valence-electron chi connectivity index (χ1n) is 2.38. The molecule has 0 N–H and O–H groups in total. The van der Waals surface area contributed by atoms with Gasteiger partial charge in [-0.2, -0.15) is 0 Å². The zero-order chi connectivity index (χ0) is 4.41. The largest absolute Gasteiger partial charge is 0.0619 e. The summed E-state index contributed by atoms with van der Waals surface area (Å²) in [6.07, 6.45) is 8.48. The van der Waals surface area contributed by atoms with E-state index in [0.717, 1.165) is 6.42 Å². The van der Waals surface area contributed by atoms with Crippen LogP contribution in [0.2, 0.25) is 0 Å². The quantitative estimate of drug-likeness (QED) is 0.414. The summed E-state index contributed by atoms with van der Waals surface area (Å²) in [7, 11) is 0. The van der Waals surface area contributed by atoms with Crippen LogP contribution in [0.15, 0.2) is 0 Å². The first-order chi connectivity index (χ1) is 2.89. The van der Waals surface area contributed by atoms with Crippen molar-refractivity contribution in [1.29, 1.82) is 0 Å². The molecule has 32 valence electrons. The van der Waals surface area contributed by atoms with Crippen LogP contribution in [0.5, 0.6) is 0 Å². The smallest absolute Gasteiger partial charge is 0.00627 e. The number of hydrogen-bond donors (Lipinski definition) is 0. The second-order valence-electron chi connectivity index (χ2n) is 1.76. The van der Waals surface area contributed by atoms with Crippen LogP contribution in [-0.4, -0.2) is 0 Å². The predicted octanol–water partition coefficient (Wildman–Crippen LogP) is 1.58. The van der Waals surface area contributed by atoms with E-state index >= 15 is 0 Å².